The summed E-state index contributed by atoms with van der Waals surface area (Å²) < 4.78 is 0. The van der Waals surface area contributed by atoms with Crippen molar-refractivity contribution in [2.45, 2.75) is 25.9 Å². The van der Waals surface area contributed by atoms with Gasteiger partial charge in [0.05, 0.1) is 11.9 Å². The Morgan fingerprint density at radius 3 is 2.12 bits per heavy atom. The monoisotopic (exact) mass is 357 g/mol. The van der Waals surface area contributed by atoms with Crippen molar-refractivity contribution in [3.05, 3.63) is 71.8 Å². The molecule has 0 radical (unpaired) electrons. The fourth-order valence-corrected chi connectivity index (χ4v) is 3.57. The minimum Gasteiger partial charge on any atom is -0.388 e. The SMILES string of the molecule is CC(C)C(CNC(=O)CSCC(O)c1ccccc1)c1ccccc1. The minimum absolute atomic E-state index is 0.0202. The zero-order chi connectivity index (χ0) is 18.1. The number of hydrogen-bond acceptors (Lipinski definition) is 3. The first kappa shape index (κ1) is 19.5. The summed E-state index contributed by atoms with van der Waals surface area (Å²) in [5.41, 5.74) is 2.14. The molecule has 2 aromatic carbocycles. The summed E-state index contributed by atoms with van der Waals surface area (Å²) in [6, 6.07) is 19.8. The molecule has 134 valence electrons. The zero-order valence-corrected chi connectivity index (χ0v) is 15.7. The molecule has 2 aromatic rings. The molecule has 0 aliphatic carbocycles. The Morgan fingerprint density at radius 2 is 1.56 bits per heavy atom. The molecular weight excluding hydrogens is 330 g/mol. The fourth-order valence-electron chi connectivity index (χ4n) is 2.75. The van der Waals surface area contributed by atoms with Crippen molar-refractivity contribution in [3.8, 4) is 0 Å². The van der Waals surface area contributed by atoms with Gasteiger partial charge in [0.15, 0.2) is 0 Å². The van der Waals surface area contributed by atoms with Crippen molar-refractivity contribution in [2.24, 2.45) is 5.92 Å². The number of carbonyl (C=O) groups excluding carboxylic acids is 1. The molecule has 0 aliphatic heterocycles. The normalized spacial score (nSPS) is 13.4. The van der Waals surface area contributed by atoms with E-state index in [2.05, 4.69) is 31.3 Å². The summed E-state index contributed by atoms with van der Waals surface area (Å²) in [6.07, 6.45) is -0.535. The van der Waals surface area contributed by atoms with Gasteiger partial charge in [-0.25, -0.2) is 0 Å². The molecule has 2 N–H and O–H groups in total. The number of benzene rings is 2. The molecule has 4 heteroatoms. The van der Waals surface area contributed by atoms with Crippen LogP contribution in [-0.4, -0.2) is 29.1 Å². The van der Waals surface area contributed by atoms with E-state index in [0.29, 0.717) is 29.9 Å². The summed E-state index contributed by atoms with van der Waals surface area (Å²) in [6.45, 7) is 4.99. The van der Waals surface area contributed by atoms with E-state index < -0.39 is 6.10 Å². The molecule has 0 bridgehead atoms. The molecule has 3 nitrogen and oxygen atoms in total. The largest absolute Gasteiger partial charge is 0.388 e. The van der Waals surface area contributed by atoms with Gasteiger partial charge >= 0.3 is 0 Å². The number of aliphatic hydroxyl groups excluding tert-OH is 1. The van der Waals surface area contributed by atoms with Crippen LogP contribution in [0.2, 0.25) is 0 Å². The van der Waals surface area contributed by atoms with Gasteiger partial charge in [0, 0.05) is 18.2 Å². The Hall–Kier alpha value is -1.78. The number of amides is 1. The highest BCUT2D eigenvalue weighted by atomic mass is 32.2. The molecular formula is C21H27NO2S. The van der Waals surface area contributed by atoms with E-state index in [9.17, 15) is 9.90 Å². The molecule has 0 fully saturated rings. The Balaban J connectivity index is 1.74. The van der Waals surface area contributed by atoms with Crippen molar-refractivity contribution >= 4 is 17.7 Å². The summed E-state index contributed by atoms with van der Waals surface area (Å²) in [5.74, 6) is 1.67. The molecule has 2 atom stereocenters. The molecule has 0 aromatic heterocycles. The second-order valence-electron chi connectivity index (χ2n) is 6.51. The average Bonchev–Trinajstić information content (AvgIpc) is 2.63. The van der Waals surface area contributed by atoms with Crippen molar-refractivity contribution in [1.82, 2.24) is 5.32 Å². The maximum absolute atomic E-state index is 12.1. The Labute approximate surface area is 154 Å². The lowest BCUT2D eigenvalue weighted by Gasteiger charge is -2.22. The lowest BCUT2D eigenvalue weighted by molar-refractivity contribution is -0.118. The van der Waals surface area contributed by atoms with Crippen LogP contribution in [0, 0.1) is 5.92 Å². The van der Waals surface area contributed by atoms with Gasteiger partial charge in [0.1, 0.15) is 0 Å². The maximum atomic E-state index is 12.1. The van der Waals surface area contributed by atoms with Gasteiger partial charge in [-0.15, -0.1) is 11.8 Å². The van der Waals surface area contributed by atoms with Gasteiger partial charge in [0.25, 0.3) is 0 Å². The van der Waals surface area contributed by atoms with E-state index >= 15 is 0 Å². The zero-order valence-electron chi connectivity index (χ0n) is 14.9. The second-order valence-corrected chi connectivity index (χ2v) is 7.54. The van der Waals surface area contributed by atoms with E-state index in [4.69, 9.17) is 0 Å². The Morgan fingerprint density at radius 1 is 1.00 bits per heavy atom. The van der Waals surface area contributed by atoms with Gasteiger partial charge in [-0.05, 0) is 17.0 Å². The van der Waals surface area contributed by atoms with Gasteiger partial charge in [0.2, 0.25) is 5.91 Å². The fraction of sp³-hybridized carbons (Fsp3) is 0.381. The van der Waals surface area contributed by atoms with Gasteiger partial charge in [-0.2, -0.15) is 0 Å². The van der Waals surface area contributed by atoms with E-state index in [0.717, 1.165) is 5.56 Å². The van der Waals surface area contributed by atoms with Gasteiger partial charge < -0.3 is 10.4 Å². The summed E-state index contributed by atoms with van der Waals surface area (Å²) in [7, 11) is 0. The van der Waals surface area contributed by atoms with Crippen LogP contribution in [0.4, 0.5) is 0 Å². The third-order valence-electron chi connectivity index (χ3n) is 4.24. The smallest absolute Gasteiger partial charge is 0.230 e. The number of aliphatic hydroxyl groups is 1. The van der Waals surface area contributed by atoms with Gasteiger partial charge in [-0.3, -0.25) is 4.79 Å². The standard InChI is InChI=1S/C21H27NO2S/c1-16(2)19(17-9-5-3-6-10-17)13-22-21(24)15-25-14-20(23)18-11-7-4-8-12-18/h3-12,16,19-20,23H,13-15H2,1-2H3,(H,22,24). The molecule has 0 saturated carbocycles. The highest BCUT2D eigenvalue weighted by Gasteiger charge is 2.17. The Kier molecular flexibility index (Phi) is 8.02. The van der Waals surface area contributed by atoms with E-state index in [1.165, 1.54) is 17.3 Å². The van der Waals surface area contributed by atoms with Crippen molar-refractivity contribution in [2.75, 3.05) is 18.1 Å². The van der Waals surface area contributed by atoms with Crippen LogP contribution in [0.15, 0.2) is 60.7 Å². The van der Waals surface area contributed by atoms with E-state index in [-0.39, 0.29) is 5.91 Å². The number of rotatable bonds is 9. The third-order valence-corrected chi connectivity index (χ3v) is 5.26. The first-order chi connectivity index (χ1) is 12.1. The number of thioether (sulfide) groups is 1. The number of nitrogens with one attached hydrogen (secondary N) is 1. The molecule has 0 heterocycles. The second kappa shape index (κ2) is 10.3. The van der Waals surface area contributed by atoms with Crippen LogP contribution < -0.4 is 5.32 Å². The lowest BCUT2D eigenvalue weighted by atomic mass is 9.88. The van der Waals surface area contributed by atoms with Crippen LogP contribution in [0.3, 0.4) is 0 Å². The summed E-state index contributed by atoms with van der Waals surface area (Å²) >= 11 is 1.46. The molecule has 0 saturated heterocycles. The molecule has 0 spiro atoms. The predicted octanol–water partition coefficient (Wildman–Crippen LogP) is 4.01. The Bertz CT molecular complexity index is 631. The van der Waals surface area contributed by atoms with Crippen molar-refractivity contribution in [3.63, 3.8) is 0 Å². The quantitative estimate of drug-likeness (QED) is 0.713. The van der Waals surface area contributed by atoms with Crippen LogP contribution in [-0.2, 0) is 4.79 Å². The predicted molar refractivity (Wildman–Crippen MR) is 106 cm³/mol. The molecule has 2 unspecified atom stereocenters. The maximum Gasteiger partial charge on any atom is 0.230 e. The summed E-state index contributed by atoms with van der Waals surface area (Å²) in [5, 5.41) is 13.2. The average molecular weight is 358 g/mol. The molecule has 2 rings (SSSR count). The first-order valence-corrected chi connectivity index (χ1v) is 9.85. The highest BCUT2D eigenvalue weighted by molar-refractivity contribution is 7.99. The van der Waals surface area contributed by atoms with Gasteiger partial charge in [-0.1, -0.05) is 74.5 Å². The van der Waals surface area contributed by atoms with Crippen LogP contribution >= 0.6 is 11.8 Å². The van der Waals surface area contributed by atoms with Crippen LogP contribution in [0.5, 0.6) is 0 Å². The molecule has 1 amide bonds. The van der Waals surface area contributed by atoms with E-state index in [1.807, 2.05) is 48.5 Å². The third kappa shape index (κ3) is 6.56. The van der Waals surface area contributed by atoms with Crippen LogP contribution in [0.1, 0.15) is 37.0 Å². The minimum atomic E-state index is -0.535. The summed E-state index contributed by atoms with van der Waals surface area (Å²) in [4.78, 5) is 12.1. The van der Waals surface area contributed by atoms with Crippen LogP contribution in [0.25, 0.3) is 0 Å². The lowest BCUT2D eigenvalue weighted by Crippen LogP contribution is -2.31. The van der Waals surface area contributed by atoms with E-state index in [1.54, 1.807) is 0 Å². The molecule has 0 aliphatic rings. The first-order valence-electron chi connectivity index (χ1n) is 8.70. The topological polar surface area (TPSA) is 49.3 Å². The highest BCUT2D eigenvalue weighted by Crippen LogP contribution is 2.23. The number of hydrogen-bond donors (Lipinski definition) is 2. The molecule has 25 heavy (non-hydrogen) atoms. The van der Waals surface area contributed by atoms with Crippen molar-refractivity contribution < 1.29 is 9.90 Å². The van der Waals surface area contributed by atoms with Crippen molar-refractivity contribution in [1.29, 1.82) is 0 Å². The number of carbonyl (C=O) groups is 1.